The van der Waals surface area contributed by atoms with Crippen molar-refractivity contribution in [1.29, 1.82) is 0 Å². The van der Waals surface area contributed by atoms with Crippen molar-refractivity contribution in [2.24, 2.45) is 0 Å². The maximum absolute atomic E-state index is 10.3. The molecule has 0 amide bonds. The average Bonchev–Trinajstić information content (AvgIpc) is 2.50. The van der Waals surface area contributed by atoms with Gasteiger partial charge in [0.1, 0.15) is 6.10 Å². The molecule has 0 heterocycles. The van der Waals surface area contributed by atoms with Crippen LogP contribution in [0, 0.1) is 0 Å². The Labute approximate surface area is 134 Å². The summed E-state index contributed by atoms with van der Waals surface area (Å²) in [5, 5.41) is 17.3. The van der Waals surface area contributed by atoms with Gasteiger partial charge in [-0.05, 0) is 25.7 Å². The van der Waals surface area contributed by atoms with E-state index in [-0.39, 0.29) is 12.5 Å². The fraction of sp³-hybridized carbons (Fsp3) is 0.722. The predicted molar refractivity (Wildman–Crippen MR) is 89.9 cm³/mol. The van der Waals surface area contributed by atoms with Crippen LogP contribution in [0.2, 0.25) is 0 Å². The molecule has 0 aliphatic carbocycles. The molecule has 0 fully saturated rings. The molecule has 0 aliphatic rings. The molecule has 0 aromatic heterocycles. The highest BCUT2D eigenvalue weighted by Gasteiger charge is 2.02. The number of rotatable bonds is 15. The molecule has 0 saturated heterocycles. The van der Waals surface area contributed by atoms with E-state index >= 15 is 0 Å². The van der Waals surface area contributed by atoms with Crippen molar-refractivity contribution in [2.45, 2.75) is 83.7 Å². The van der Waals surface area contributed by atoms with Crippen LogP contribution in [0.15, 0.2) is 24.3 Å². The lowest BCUT2D eigenvalue weighted by atomic mass is 10.1. The molecule has 0 bridgehead atoms. The van der Waals surface area contributed by atoms with Crippen molar-refractivity contribution in [3.8, 4) is 0 Å². The minimum atomic E-state index is -0.699. The highest BCUT2D eigenvalue weighted by molar-refractivity contribution is 5.66. The molecule has 4 nitrogen and oxygen atoms in total. The van der Waals surface area contributed by atoms with E-state index in [9.17, 15) is 4.79 Å². The van der Waals surface area contributed by atoms with E-state index in [2.05, 4.69) is 17.9 Å². The third-order valence-electron chi connectivity index (χ3n) is 3.56. The second-order valence-corrected chi connectivity index (χ2v) is 5.65. The Bertz CT molecular complexity index is 310. The lowest BCUT2D eigenvalue weighted by Crippen LogP contribution is -2.06. The molecule has 0 spiro atoms. The topological polar surface area (TPSA) is 66.8 Å². The van der Waals surface area contributed by atoms with Crippen molar-refractivity contribution in [2.75, 3.05) is 0 Å². The SMILES string of the molecule is CCCCC[C@H](/C=C/C=C/CCCCCCCC(=O)O)OO. The van der Waals surface area contributed by atoms with Gasteiger partial charge in [0.2, 0.25) is 0 Å². The van der Waals surface area contributed by atoms with Gasteiger partial charge in [-0.15, -0.1) is 0 Å². The van der Waals surface area contributed by atoms with Crippen molar-refractivity contribution in [3.63, 3.8) is 0 Å². The minimum absolute atomic E-state index is 0.203. The Morgan fingerprint density at radius 1 is 1.05 bits per heavy atom. The first-order valence-electron chi connectivity index (χ1n) is 8.56. The summed E-state index contributed by atoms with van der Waals surface area (Å²) in [5.41, 5.74) is 0. The first-order valence-corrected chi connectivity index (χ1v) is 8.56. The molecule has 0 aliphatic heterocycles. The third-order valence-corrected chi connectivity index (χ3v) is 3.56. The summed E-state index contributed by atoms with van der Waals surface area (Å²) in [6, 6.07) is 0. The normalized spacial score (nSPS) is 13.2. The van der Waals surface area contributed by atoms with Gasteiger partial charge in [-0.25, -0.2) is 4.89 Å². The highest BCUT2D eigenvalue weighted by atomic mass is 17.1. The number of allylic oxidation sites excluding steroid dienone is 3. The molecule has 0 saturated carbocycles. The fourth-order valence-electron chi connectivity index (χ4n) is 2.21. The van der Waals surface area contributed by atoms with Gasteiger partial charge < -0.3 is 5.11 Å². The third kappa shape index (κ3) is 15.3. The van der Waals surface area contributed by atoms with Gasteiger partial charge in [0.05, 0.1) is 0 Å². The zero-order valence-corrected chi connectivity index (χ0v) is 13.9. The first kappa shape index (κ1) is 20.9. The van der Waals surface area contributed by atoms with E-state index < -0.39 is 5.97 Å². The molecular formula is C18H32O4. The fourth-order valence-corrected chi connectivity index (χ4v) is 2.21. The van der Waals surface area contributed by atoms with Crippen LogP contribution in [0.1, 0.15) is 77.6 Å². The zero-order valence-electron chi connectivity index (χ0n) is 13.9. The first-order chi connectivity index (χ1) is 10.7. The number of aliphatic carboxylic acids is 1. The van der Waals surface area contributed by atoms with Gasteiger partial charge in [0.25, 0.3) is 0 Å². The van der Waals surface area contributed by atoms with Crippen LogP contribution in [0.5, 0.6) is 0 Å². The van der Waals surface area contributed by atoms with Gasteiger partial charge in [-0.2, -0.15) is 0 Å². The molecule has 2 N–H and O–H groups in total. The average molecular weight is 312 g/mol. The largest absolute Gasteiger partial charge is 0.481 e. The number of unbranched alkanes of at least 4 members (excludes halogenated alkanes) is 7. The minimum Gasteiger partial charge on any atom is -0.481 e. The molecule has 22 heavy (non-hydrogen) atoms. The zero-order chi connectivity index (χ0) is 16.5. The maximum atomic E-state index is 10.3. The van der Waals surface area contributed by atoms with Gasteiger partial charge >= 0.3 is 5.97 Å². The van der Waals surface area contributed by atoms with Gasteiger partial charge in [-0.1, -0.05) is 69.8 Å². The molecule has 0 unspecified atom stereocenters. The van der Waals surface area contributed by atoms with Gasteiger partial charge in [0.15, 0.2) is 0 Å². The van der Waals surface area contributed by atoms with E-state index in [1.807, 2.05) is 18.2 Å². The number of carbonyl (C=O) groups is 1. The Balaban J connectivity index is 3.51. The molecule has 0 radical (unpaired) electrons. The van der Waals surface area contributed by atoms with Crippen molar-refractivity contribution < 1.29 is 20.0 Å². The summed E-state index contributed by atoms with van der Waals surface area (Å²) in [6.45, 7) is 2.15. The monoisotopic (exact) mass is 312 g/mol. The summed E-state index contributed by atoms with van der Waals surface area (Å²) in [5.74, 6) is -0.699. The van der Waals surface area contributed by atoms with Crippen LogP contribution in [-0.4, -0.2) is 22.4 Å². The molecule has 0 aromatic carbocycles. The van der Waals surface area contributed by atoms with Crippen LogP contribution >= 0.6 is 0 Å². The van der Waals surface area contributed by atoms with Gasteiger partial charge in [-0.3, -0.25) is 10.1 Å². The molecule has 128 valence electrons. The van der Waals surface area contributed by atoms with E-state index in [4.69, 9.17) is 10.4 Å². The van der Waals surface area contributed by atoms with Crippen LogP contribution in [0.4, 0.5) is 0 Å². The van der Waals surface area contributed by atoms with Crippen molar-refractivity contribution in [3.05, 3.63) is 24.3 Å². The van der Waals surface area contributed by atoms with E-state index in [0.29, 0.717) is 0 Å². The molecule has 0 aromatic rings. The summed E-state index contributed by atoms with van der Waals surface area (Å²) >= 11 is 0. The van der Waals surface area contributed by atoms with Crippen LogP contribution in [0.25, 0.3) is 0 Å². The molecule has 1 atom stereocenters. The molecule has 4 heteroatoms. The Hall–Kier alpha value is -1.13. The summed E-state index contributed by atoms with van der Waals surface area (Å²) in [4.78, 5) is 14.8. The quantitative estimate of drug-likeness (QED) is 0.185. The smallest absolute Gasteiger partial charge is 0.303 e. The van der Waals surface area contributed by atoms with Crippen molar-refractivity contribution >= 4 is 5.97 Å². The second kappa shape index (κ2) is 16.2. The Kier molecular flexibility index (Phi) is 15.4. The van der Waals surface area contributed by atoms with Crippen molar-refractivity contribution in [1.82, 2.24) is 0 Å². The van der Waals surface area contributed by atoms with E-state index in [1.165, 1.54) is 0 Å². The van der Waals surface area contributed by atoms with Gasteiger partial charge in [0, 0.05) is 6.42 Å². The predicted octanol–water partition coefficient (Wildman–Crippen LogP) is 5.35. The lowest BCUT2D eigenvalue weighted by Gasteiger charge is -2.07. The number of hydrogen-bond donors (Lipinski definition) is 2. The van der Waals surface area contributed by atoms with E-state index in [0.717, 1.165) is 64.2 Å². The van der Waals surface area contributed by atoms with E-state index in [1.54, 1.807) is 0 Å². The molecule has 0 rings (SSSR count). The Morgan fingerprint density at radius 2 is 1.77 bits per heavy atom. The summed E-state index contributed by atoms with van der Waals surface area (Å²) in [7, 11) is 0. The second-order valence-electron chi connectivity index (χ2n) is 5.65. The summed E-state index contributed by atoms with van der Waals surface area (Å²) < 4.78 is 0. The summed E-state index contributed by atoms with van der Waals surface area (Å²) in [6.07, 6.45) is 18.5. The number of carboxylic acid groups (broad SMARTS) is 1. The number of carboxylic acids is 1. The Morgan fingerprint density at radius 3 is 2.45 bits per heavy atom. The number of hydrogen-bond acceptors (Lipinski definition) is 3. The van der Waals surface area contributed by atoms with Crippen LogP contribution in [0.3, 0.4) is 0 Å². The van der Waals surface area contributed by atoms with Crippen LogP contribution in [-0.2, 0) is 9.68 Å². The lowest BCUT2D eigenvalue weighted by molar-refractivity contribution is -0.267. The molecular weight excluding hydrogens is 280 g/mol. The maximum Gasteiger partial charge on any atom is 0.303 e. The van der Waals surface area contributed by atoms with Crippen LogP contribution < -0.4 is 0 Å². The standard InChI is InChI=1S/C18H32O4/c1-2-3-11-14-17(22-21)15-12-9-7-5-4-6-8-10-13-16-18(19)20/h7,9,12,15,17,21H,2-6,8,10-11,13-14,16H2,1H3,(H,19,20)/b9-7+,15-12+/t17-/m1/s1. The highest BCUT2D eigenvalue weighted by Crippen LogP contribution is 2.09.